The molecule has 0 aliphatic rings. The van der Waals surface area contributed by atoms with Crippen molar-refractivity contribution in [2.45, 2.75) is 59.7 Å². The van der Waals surface area contributed by atoms with E-state index in [-0.39, 0.29) is 12.5 Å². The van der Waals surface area contributed by atoms with E-state index in [9.17, 15) is 14.4 Å². The molecule has 3 aromatic rings. The van der Waals surface area contributed by atoms with Gasteiger partial charge in [0.05, 0.1) is 18.6 Å². The number of ether oxygens (including phenoxy) is 4. The second kappa shape index (κ2) is 25.8. The number of benzene rings is 3. The number of nitrogens with one attached hydrogen (secondary N) is 1. The summed E-state index contributed by atoms with van der Waals surface area (Å²) in [6.07, 6.45) is 6.55. The Morgan fingerprint density at radius 1 is 0.922 bits per heavy atom. The van der Waals surface area contributed by atoms with E-state index in [1.165, 1.54) is 6.08 Å². The highest BCUT2D eigenvalue weighted by molar-refractivity contribution is 5.93. The van der Waals surface area contributed by atoms with E-state index in [0.717, 1.165) is 55.7 Å². The number of rotatable bonds is 17. The third-order valence-electron chi connectivity index (χ3n) is 6.81. The first kappa shape index (κ1) is 43.9. The number of allylic oxidation sites excluding steroid dienone is 2. The minimum absolute atomic E-state index is 0.160. The van der Waals surface area contributed by atoms with Crippen molar-refractivity contribution >= 4 is 24.0 Å². The largest absolute Gasteiger partial charge is 0.516 e. The fourth-order valence-corrected chi connectivity index (χ4v) is 4.18. The molecule has 2 amide bonds. The van der Waals surface area contributed by atoms with Crippen molar-refractivity contribution in [3.63, 3.8) is 0 Å². The van der Waals surface area contributed by atoms with E-state index in [4.69, 9.17) is 25.1 Å². The number of likely N-dealkylation sites (N-methyl/N-ethyl adjacent to an activating group) is 1. The Balaban J connectivity index is 0.000000630. The molecule has 3 rings (SSSR count). The maximum atomic E-state index is 12.5. The van der Waals surface area contributed by atoms with Crippen LogP contribution in [0.2, 0.25) is 0 Å². The van der Waals surface area contributed by atoms with Crippen LogP contribution in [0.1, 0.15) is 62.5 Å². The highest BCUT2D eigenvalue weighted by atomic mass is 16.6. The van der Waals surface area contributed by atoms with Crippen molar-refractivity contribution in [1.29, 1.82) is 0 Å². The molecule has 0 aliphatic carbocycles. The summed E-state index contributed by atoms with van der Waals surface area (Å²) < 4.78 is 21.0. The molecule has 3 aromatic carbocycles. The standard InChI is InChI=1S/C28H27NO5.C7H17NO.C5H11NO2/c30-17-5-2-6-18-33-27-19-24(20-31)11-15-26(27)29-28(32)16-12-22-9-13-25(14-10-22)34-21-23-7-3-1-4-8-23;1-4-8(5-2)6-7-9-3;1-5(2,3)8-4(6)7/h1-11,13-15,17,19-20,30H,12,16,18,21H2,(H,29,32);4-7H2,1-3H3;1-3H3,(H2,6,7)/b6-2+,17-5-;;. The average Bonchev–Trinajstić information content (AvgIpc) is 3.11. The number of aryl methyl sites for hydroxylation is 1. The van der Waals surface area contributed by atoms with Crippen molar-refractivity contribution in [3.8, 4) is 11.5 Å². The van der Waals surface area contributed by atoms with Crippen LogP contribution in [0.5, 0.6) is 11.5 Å². The van der Waals surface area contributed by atoms with Gasteiger partial charge >= 0.3 is 6.09 Å². The lowest BCUT2D eigenvalue weighted by Crippen LogP contribution is -2.27. The Morgan fingerprint density at radius 3 is 2.16 bits per heavy atom. The first-order valence-electron chi connectivity index (χ1n) is 16.9. The van der Waals surface area contributed by atoms with Crippen molar-refractivity contribution in [2.24, 2.45) is 5.73 Å². The number of methoxy groups -OCH3 is 1. The summed E-state index contributed by atoms with van der Waals surface area (Å²) in [5.74, 6) is 1.01. The lowest BCUT2D eigenvalue weighted by Gasteiger charge is -2.16. The van der Waals surface area contributed by atoms with Crippen molar-refractivity contribution in [2.75, 3.05) is 45.3 Å². The number of nitrogens with two attached hydrogens (primary N) is 1. The number of primary amides is 1. The lowest BCUT2D eigenvalue weighted by atomic mass is 10.1. The van der Waals surface area contributed by atoms with Crippen molar-refractivity contribution < 1.29 is 38.4 Å². The molecule has 51 heavy (non-hydrogen) atoms. The second-order valence-electron chi connectivity index (χ2n) is 12.0. The minimum atomic E-state index is -0.725. The fraction of sp³-hybridized carbons (Fsp3) is 0.375. The summed E-state index contributed by atoms with van der Waals surface area (Å²) in [6, 6.07) is 22.5. The van der Waals surface area contributed by atoms with E-state index in [1.54, 1.807) is 58.2 Å². The molecule has 11 nitrogen and oxygen atoms in total. The van der Waals surface area contributed by atoms with Gasteiger partial charge in [0.2, 0.25) is 5.91 Å². The van der Waals surface area contributed by atoms with E-state index in [2.05, 4.69) is 28.8 Å². The molecule has 11 heteroatoms. The molecular formula is C40H55N3O8. The predicted octanol–water partition coefficient (Wildman–Crippen LogP) is 7.51. The van der Waals surface area contributed by atoms with Crippen LogP contribution in [0.25, 0.3) is 0 Å². The number of hydrogen-bond acceptors (Lipinski definition) is 9. The Kier molecular flexibility index (Phi) is 22.2. The number of aldehydes is 1. The van der Waals surface area contributed by atoms with Crippen LogP contribution >= 0.6 is 0 Å². The van der Waals surface area contributed by atoms with Crippen LogP contribution in [-0.2, 0) is 27.3 Å². The number of hydrogen-bond donors (Lipinski definition) is 3. The number of aliphatic hydroxyl groups excluding tert-OH is 1. The maximum absolute atomic E-state index is 12.5. The zero-order valence-electron chi connectivity index (χ0n) is 30.8. The van der Waals surface area contributed by atoms with Crippen LogP contribution in [-0.4, -0.2) is 73.9 Å². The average molecular weight is 706 g/mol. The SMILES string of the molecule is CC(C)(C)OC(N)=O.CCN(CC)CCOC.O=Cc1ccc(NC(=O)CCc2ccc(OCc3ccccc3)cc2)c(OC/C=C/C=C\O)c1. The Morgan fingerprint density at radius 2 is 1.61 bits per heavy atom. The van der Waals surface area contributed by atoms with E-state index < -0.39 is 11.7 Å². The molecule has 0 aromatic heterocycles. The third kappa shape index (κ3) is 21.5. The van der Waals surface area contributed by atoms with Crippen LogP contribution in [0.4, 0.5) is 10.5 Å². The molecule has 0 radical (unpaired) electrons. The minimum Gasteiger partial charge on any atom is -0.516 e. The van der Waals surface area contributed by atoms with Gasteiger partial charge in [0, 0.05) is 25.6 Å². The molecule has 0 unspecified atom stereocenters. The second-order valence-corrected chi connectivity index (χ2v) is 12.0. The highest BCUT2D eigenvalue weighted by Gasteiger charge is 2.12. The van der Waals surface area contributed by atoms with Crippen LogP contribution in [0, 0.1) is 0 Å². The zero-order chi connectivity index (χ0) is 37.9. The first-order chi connectivity index (χ1) is 24.4. The van der Waals surface area contributed by atoms with Gasteiger partial charge in [-0.3, -0.25) is 9.59 Å². The van der Waals surface area contributed by atoms with E-state index >= 15 is 0 Å². The monoisotopic (exact) mass is 705 g/mol. The first-order valence-corrected chi connectivity index (χ1v) is 16.9. The Bertz CT molecular complexity index is 1470. The summed E-state index contributed by atoms with van der Waals surface area (Å²) in [5.41, 5.74) is 7.33. The normalized spacial score (nSPS) is 10.9. The quantitative estimate of drug-likeness (QED) is 0.0737. The lowest BCUT2D eigenvalue weighted by molar-refractivity contribution is -0.116. The molecule has 0 saturated heterocycles. The molecular weight excluding hydrogens is 650 g/mol. The van der Waals surface area contributed by atoms with Gasteiger partial charge in [-0.05, 0) is 93.9 Å². The molecule has 0 saturated carbocycles. The van der Waals surface area contributed by atoms with Gasteiger partial charge in [-0.1, -0.05) is 62.4 Å². The predicted molar refractivity (Wildman–Crippen MR) is 202 cm³/mol. The van der Waals surface area contributed by atoms with Crippen molar-refractivity contribution in [3.05, 3.63) is 114 Å². The van der Waals surface area contributed by atoms with Crippen LogP contribution < -0.4 is 20.5 Å². The van der Waals surface area contributed by atoms with E-state index in [0.29, 0.717) is 36.4 Å². The number of aliphatic hydroxyl groups is 1. The summed E-state index contributed by atoms with van der Waals surface area (Å²) in [4.78, 5) is 36.0. The molecule has 0 spiro atoms. The topological polar surface area (TPSA) is 150 Å². The van der Waals surface area contributed by atoms with Gasteiger partial charge in [0.15, 0.2) is 0 Å². The van der Waals surface area contributed by atoms with Crippen LogP contribution in [0.3, 0.4) is 0 Å². The van der Waals surface area contributed by atoms with Gasteiger partial charge in [-0.2, -0.15) is 0 Å². The van der Waals surface area contributed by atoms with Crippen LogP contribution in [0.15, 0.2) is 97.3 Å². The maximum Gasteiger partial charge on any atom is 0.405 e. The van der Waals surface area contributed by atoms with Gasteiger partial charge in [-0.25, -0.2) is 4.79 Å². The van der Waals surface area contributed by atoms with Gasteiger partial charge in [-0.15, -0.1) is 0 Å². The molecule has 0 fully saturated rings. The van der Waals surface area contributed by atoms with Gasteiger partial charge < -0.3 is 40.0 Å². The number of anilines is 1. The van der Waals surface area contributed by atoms with Crippen molar-refractivity contribution in [1.82, 2.24) is 4.90 Å². The molecule has 0 atom stereocenters. The number of amides is 2. The summed E-state index contributed by atoms with van der Waals surface area (Å²) in [5, 5.41) is 11.5. The summed E-state index contributed by atoms with van der Waals surface area (Å²) in [7, 11) is 1.74. The van der Waals surface area contributed by atoms with E-state index in [1.807, 2.05) is 54.6 Å². The molecule has 278 valence electrons. The number of carbonyl (C=O) groups excluding carboxylic acids is 3. The smallest absolute Gasteiger partial charge is 0.405 e. The molecule has 0 heterocycles. The molecule has 4 N–H and O–H groups in total. The number of carbonyl (C=O) groups is 3. The van der Waals surface area contributed by atoms with Gasteiger partial charge in [0.1, 0.15) is 36.6 Å². The third-order valence-corrected chi connectivity index (χ3v) is 6.81. The Hall–Kier alpha value is -5.13. The Labute approximate surface area is 303 Å². The highest BCUT2D eigenvalue weighted by Crippen LogP contribution is 2.26. The summed E-state index contributed by atoms with van der Waals surface area (Å²) in [6.45, 7) is 14.5. The molecule has 0 bridgehead atoms. The molecule has 0 aliphatic heterocycles. The zero-order valence-corrected chi connectivity index (χ0v) is 30.8. The van der Waals surface area contributed by atoms with Gasteiger partial charge in [0.25, 0.3) is 0 Å². The summed E-state index contributed by atoms with van der Waals surface area (Å²) >= 11 is 0. The fourth-order valence-electron chi connectivity index (χ4n) is 4.18. The number of nitrogens with zero attached hydrogens (tertiary/aromatic N) is 1.